The number of benzene rings is 1. The van der Waals surface area contributed by atoms with Gasteiger partial charge in [0.25, 0.3) is 0 Å². The molecule has 3 heteroatoms. The van der Waals surface area contributed by atoms with Crippen LogP contribution >= 0.6 is 0 Å². The van der Waals surface area contributed by atoms with Crippen LogP contribution in [0.3, 0.4) is 0 Å². The average Bonchev–Trinajstić information content (AvgIpc) is 3.24. The smallest absolute Gasteiger partial charge is 0.0683 e. The minimum absolute atomic E-state index is 0.198. The van der Waals surface area contributed by atoms with Crippen LogP contribution in [0.15, 0.2) is 24.3 Å². The van der Waals surface area contributed by atoms with Gasteiger partial charge in [-0.15, -0.1) is 0 Å². The summed E-state index contributed by atoms with van der Waals surface area (Å²) < 4.78 is 0. The lowest BCUT2D eigenvalue weighted by molar-refractivity contribution is 0.238. The SMILES string of the molecule is CC(C)(C#N)CCCN(Cc1ccc(N)cc1)C1CC1. The Morgan fingerprint density at radius 2 is 1.95 bits per heavy atom. The van der Waals surface area contributed by atoms with Crippen LogP contribution in [-0.4, -0.2) is 17.5 Å². The van der Waals surface area contributed by atoms with E-state index in [-0.39, 0.29) is 5.41 Å². The van der Waals surface area contributed by atoms with Gasteiger partial charge in [-0.2, -0.15) is 5.26 Å². The van der Waals surface area contributed by atoms with Crippen LogP contribution < -0.4 is 5.73 Å². The minimum atomic E-state index is -0.198. The van der Waals surface area contributed by atoms with Crippen molar-refractivity contribution in [3.63, 3.8) is 0 Å². The number of nitriles is 1. The Morgan fingerprint density at radius 3 is 2.50 bits per heavy atom. The average molecular weight is 271 g/mol. The van der Waals surface area contributed by atoms with Crippen LogP contribution in [0, 0.1) is 16.7 Å². The highest BCUT2D eigenvalue weighted by atomic mass is 15.2. The van der Waals surface area contributed by atoms with Gasteiger partial charge in [0.2, 0.25) is 0 Å². The number of anilines is 1. The normalized spacial score (nSPS) is 15.3. The molecule has 0 aliphatic heterocycles. The third kappa shape index (κ3) is 4.54. The van der Waals surface area contributed by atoms with E-state index >= 15 is 0 Å². The highest BCUT2D eigenvalue weighted by molar-refractivity contribution is 5.39. The summed E-state index contributed by atoms with van der Waals surface area (Å²) in [5, 5.41) is 9.07. The number of hydrogen-bond donors (Lipinski definition) is 1. The molecule has 0 heterocycles. The molecule has 3 nitrogen and oxygen atoms in total. The summed E-state index contributed by atoms with van der Waals surface area (Å²) in [6.07, 6.45) is 4.69. The molecule has 2 rings (SSSR count). The van der Waals surface area contributed by atoms with E-state index in [1.165, 1.54) is 18.4 Å². The molecule has 1 fully saturated rings. The van der Waals surface area contributed by atoms with Crippen molar-refractivity contribution < 1.29 is 0 Å². The highest BCUT2D eigenvalue weighted by Gasteiger charge is 2.29. The number of nitrogens with zero attached hydrogens (tertiary/aromatic N) is 2. The maximum atomic E-state index is 9.07. The van der Waals surface area contributed by atoms with Gasteiger partial charge in [-0.05, 0) is 63.8 Å². The maximum absolute atomic E-state index is 9.07. The highest BCUT2D eigenvalue weighted by Crippen LogP contribution is 2.30. The van der Waals surface area contributed by atoms with Gasteiger partial charge in [-0.25, -0.2) is 0 Å². The van der Waals surface area contributed by atoms with Gasteiger partial charge in [0, 0.05) is 18.3 Å². The summed E-state index contributed by atoms with van der Waals surface area (Å²) in [5.41, 5.74) is 7.68. The molecule has 1 saturated carbocycles. The zero-order valence-corrected chi connectivity index (χ0v) is 12.6. The molecular weight excluding hydrogens is 246 g/mol. The van der Waals surface area contributed by atoms with Gasteiger partial charge in [0.1, 0.15) is 0 Å². The van der Waals surface area contributed by atoms with E-state index < -0.39 is 0 Å². The molecular formula is C17H25N3. The lowest BCUT2D eigenvalue weighted by atomic mass is 9.90. The Bertz CT molecular complexity index is 466. The van der Waals surface area contributed by atoms with Crippen molar-refractivity contribution in [3.05, 3.63) is 29.8 Å². The minimum Gasteiger partial charge on any atom is -0.399 e. The molecule has 0 spiro atoms. The van der Waals surface area contributed by atoms with E-state index in [1.807, 2.05) is 26.0 Å². The molecule has 20 heavy (non-hydrogen) atoms. The van der Waals surface area contributed by atoms with Crippen molar-refractivity contribution >= 4 is 5.69 Å². The van der Waals surface area contributed by atoms with Crippen LogP contribution in [0.1, 0.15) is 45.1 Å². The Morgan fingerprint density at radius 1 is 1.30 bits per heavy atom. The first-order valence-electron chi connectivity index (χ1n) is 7.50. The molecule has 0 radical (unpaired) electrons. The van der Waals surface area contributed by atoms with Crippen molar-refractivity contribution in [2.24, 2.45) is 5.41 Å². The summed E-state index contributed by atoms with van der Waals surface area (Å²) >= 11 is 0. The molecule has 0 atom stereocenters. The zero-order valence-electron chi connectivity index (χ0n) is 12.6. The Balaban J connectivity index is 1.85. The van der Waals surface area contributed by atoms with E-state index in [0.717, 1.165) is 37.7 Å². The van der Waals surface area contributed by atoms with Crippen molar-refractivity contribution in [2.75, 3.05) is 12.3 Å². The van der Waals surface area contributed by atoms with Gasteiger partial charge in [-0.1, -0.05) is 12.1 Å². The van der Waals surface area contributed by atoms with E-state index in [0.29, 0.717) is 0 Å². The monoisotopic (exact) mass is 271 g/mol. The second-order valence-corrected chi connectivity index (χ2v) is 6.54. The quantitative estimate of drug-likeness (QED) is 0.771. The fraction of sp³-hybridized carbons (Fsp3) is 0.588. The molecule has 1 aromatic rings. The second kappa shape index (κ2) is 6.28. The summed E-state index contributed by atoms with van der Waals surface area (Å²) in [5.74, 6) is 0. The largest absolute Gasteiger partial charge is 0.399 e. The summed E-state index contributed by atoms with van der Waals surface area (Å²) in [6, 6.07) is 11.3. The summed E-state index contributed by atoms with van der Waals surface area (Å²) in [6.45, 7) is 6.13. The topological polar surface area (TPSA) is 53.0 Å². The molecule has 1 aliphatic rings. The molecule has 0 unspecified atom stereocenters. The van der Waals surface area contributed by atoms with Crippen LogP contribution in [-0.2, 0) is 6.54 Å². The molecule has 0 amide bonds. The fourth-order valence-corrected chi connectivity index (χ4v) is 2.47. The standard InChI is InChI=1S/C17H25N3/c1-17(2,13-18)10-3-11-20(16-8-9-16)12-14-4-6-15(19)7-5-14/h4-7,16H,3,8-12,19H2,1-2H3. The summed E-state index contributed by atoms with van der Waals surface area (Å²) in [4.78, 5) is 2.55. The lowest BCUT2D eigenvalue weighted by Crippen LogP contribution is -2.27. The first kappa shape index (κ1) is 14.9. The van der Waals surface area contributed by atoms with Gasteiger partial charge in [-0.3, -0.25) is 4.90 Å². The zero-order chi connectivity index (χ0) is 14.6. The predicted octanol–water partition coefficient (Wildman–Crippen LogP) is 3.56. The second-order valence-electron chi connectivity index (χ2n) is 6.54. The Labute approximate surface area is 122 Å². The van der Waals surface area contributed by atoms with E-state index in [2.05, 4.69) is 23.1 Å². The van der Waals surface area contributed by atoms with Crippen molar-refractivity contribution in [2.45, 2.75) is 52.1 Å². The Hall–Kier alpha value is -1.53. The number of nitrogen functional groups attached to an aromatic ring is 1. The third-order valence-corrected chi connectivity index (χ3v) is 3.98. The Kier molecular flexibility index (Phi) is 4.67. The van der Waals surface area contributed by atoms with Crippen LogP contribution in [0.25, 0.3) is 0 Å². The van der Waals surface area contributed by atoms with Gasteiger partial charge in [0.15, 0.2) is 0 Å². The lowest BCUT2D eigenvalue weighted by Gasteiger charge is -2.24. The van der Waals surface area contributed by atoms with Crippen molar-refractivity contribution in [1.82, 2.24) is 4.90 Å². The predicted molar refractivity (Wildman–Crippen MR) is 82.9 cm³/mol. The number of nitrogens with two attached hydrogens (primary N) is 1. The first-order valence-corrected chi connectivity index (χ1v) is 7.50. The van der Waals surface area contributed by atoms with E-state index in [4.69, 9.17) is 11.0 Å². The van der Waals surface area contributed by atoms with Crippen LogP contribution in [0.5, 0.6) is 0 Å². The van der Waals surface area contributed by atoms with Crippen molar-refractivity contribution in [3.8, 4) is 6.07 Å². The van der Waals surface area contributed by atoms with E-state index in [9.17, 15) is 0 Å². The number of hydrogen-bond acceptors (Lipinski definition) is 3. The molecule has 2 N–H and O–H groups in total. The van der Waals surface area contributed by atoms with Crippen LogP contribution in [0.2, 0.25) is 0 Å². The van der Waals surface area contributed by atoms with E-state index in [1.54, 1.807) is 0 Å². The first-order chi connectivity index (χ1) is 9.50. The molecule has 0 bridgehead atoms. The number of rotatable bonds is 7. The van der Waals surface area contributed by atoms with Gasteiger partial charge >= 0.3 is 0 Å². The van der Waals surface area contributed by atoms with Crippen LogP contribution in [0.4, 0.5) is 5.69 Å². The molecule has 108 valence electrons. The third-order valence-electron chi connectivity index (χ3n) is 3.98. The maximum Gasteiger partial charge on any atom is 0.0683 e. The summed E-state index contributed by atoms with van der Waals surface area (Å²) in [7, 11) is 0. The van der Waals surface area contributed by atoms with Crippen molar-refractivity contribution in [1.29, 1.82) is 5.26 Å². The van der Waals surface area contributed by atoms with Gasteiger partial charge < -0.3 is 5.73 Å². The molecule has 0 aromatic heterocycles. The molecule has 0 saturated heterocycles. The van der Waals surface area contributed by atoms with Gasteiger partial charge in [0.05, 0.1) is 11.5 Å². The molecule has 1 aliphatic carbocycles. The molecule has 1 aromatic carbocycles. The fourth-order valence-electron chi connectivity index (χ4n) is 2.47.